The first-order valence-corrected chi connectivity index (χ1v) is 10.3. The Morgan fingerprint density at radius 3 is 2.42 bits per heavy atom. The van der Waals surface area contributed by atoms with Crippen LogP contribution in [0.5, 0.6) is 5.75 Å². The van der Waals surface area contributed by atoms with E-state index in [1.165, 1.54) is 6.07 Å². The minimum absolute atomic E-state index is 0.0781. The van der Waals surface area contributed by atoms with Crippen LogP contribution in [0.15, 0.2) is 42.6 Å². The van der Waals surface area contributed by atoms with Crippen molar-refractivity contribution in [3.8, 4) is 5.75 Å². The monoisotopic (exact) mass is 435 g/mol. The van der Waals surface area contributed by atoms with Gasteiger partial charge < -0.3 is 19.3 Å². The van der Waals surface area contributed by atoms with Crippen LogP contribution in [0.25, 0.3) is 0 Å². The highest BCUT2D eigenvalue weighted by Gasteiger charge is 2.31. The number of benzene rings is 1. The molecule has 166 valence electrons. The highest BCUT2D eigenvalue weighted by Crippen LogP contribution is 2.29. The Labute approximate surface area is 178 Å². The second-order valence-electron chi connectivity index (χ2n) is 7.65. The van der Waals surface area contributed by atoms with Crippen molar-refractivity contribution in [2.75, 3.05) is 44.3 Å². The topological polar surface area (TPSA) is 54.9 Å². The molecule has 0 radical (unpaired) electrons. The number of carbonyl (C=O) groups excluding carboxylic acids is 1. The van der Waals surface area contributed by atoms with Gasteiger partial charge in [-0.05, 0) is 49.2 Å². The minimum Gasteiger partial charge on any atom is -0.491 e. The molecule has 9 heteroatoms. The largest absolute Gasteiger partial charge is 0.491 e. The van der Waals surface area contributed by atoms with Crippen molar-refractivity contribution in [1.29, 1.82) is 0 Å². The van der Waals surface area contributed by atoms with Gasteiger partial charge in [0.15, 0.2) is 0 Å². The Bertz CT molecular complexity index is 874. The van der Waals surface area contributed by atoms with Crippen LogP contribution in [0.4, 0.5) is 19.0 Å². The zero-order valence-corrected chi connectivity index (χ0v) is 17.0. The van der Waals surface area contributed by atoms with Crippen molar-refractivity contribution in [3.05, 3.63) is 53.7 Å². The lowest BCUT2D eigenvalue weighted by molar-refractivity contribution is -0.137. The number of hydrogen-bond donors (Lipinski definition) is 0. The summed E-state index contributed by atoms with van der Waals surface area (Å²) in [6.07, 6.45) is -1.36. The van der Waals surface area contributed by atoms with Gasteiger partial charge in [-0.2, -0.15) is 13.2 Å². The lowest BCUT2D eigenvalue weighted by Gasteiger charge is -2.35. The summed E-state index contributed by atoms with van der Waals surface area (Å²) in [6, 6.07) is 9.46. The van der Waals surface area contributed by atoms with Crippen molar-refractivity contribution < 1.29 is 27.4 Å². The number of anilines is 1. The van der Waals surface area contributed by atoms with Crippen LogP contribution in [0.1, 0.15) is 28.8 Å². The van der Waals surface area contributed by atoms with E-state index in [4.69, 9.17) is 9.47 Å². The van der Waals surface area contributed by atoms with Crippen molar-refractivity contribution in [2.45, 2.75) is 25.1 Å². The molecule has 0 bridgehead atoms. The van der Waals surface area contributed by atoms with Gasteiger partial charge in [0.2, 0.25) is 0 Å². The fraction of sp³-hybridized carbons (Fsp3) is 0.455. The molecular weight excluding hydrogens is 411 g/mol. The number of aromatic nitrogens is 1. The molecule has 0 aliphatic carbocycles. The van der Waals surface area contributed by atoms with Gasteiger partial charge >= 0.3 is 6.18 Å². The van der Waals surface area contributed by atoms with E-state index in [0.717, 1.165) is 31.7 Å². The number of nitrogens with zero attached hydrogens (tertiary/aromatic N) is 3. The average Bonchev–Trinajstić information content (AvgIpc) is 3.31. The van der Waals surface area contributed by atoms with Gasteiger partial charge in [-0.1, -0.05) is 0 Å². The van der Waals surface area contributed by atoms with Gasteiger partial charge in [-0.25, -0.2) is 4.98 Å². The van der Waals surface area contributed by atoms with Crippen LogP contribution >= 0.6 is 0 Å². The van der Waals surface area contributed by atoms with Crippen LogP contribution in [-0.4, -0.2) is 61.3 Å². The zero-order valence-electron chi connectivity index (χ0n) is 17.0. The molecule has 31 heavy (non-hydrogen) atoms. The van der Waals surface area contributed by atoms with Crippen molar-refractivity contribution in [1.82, 2.24) is 9.88 Å². The molecule has 1 aromatic heterocycles. The predicted octanol–water partition coefficient (Wildman–Crippen LogP) is 3.62. The van der Waals surface area contributed by atoms with Gasteiger partial charge in [-0.3, -0.25) is 4.79 Å². The summed E-state index contributed by atoms with van der Waals surface area (Å²) >= 11 is 0. The molecular formula is C22H24F3N3O3. The zero-order chi connectivity index (χ0) is 21.8. The normalized spacial score (nSPS) is 19.5. The van der Waals surface area contributed by atoms with Crippen LogP contribution in [0.2, 0.25) is 0 Å². The molecule has 2 fully saturated rings. The smallest absolute Gasteiger partial charge is 0.417 e. The van der Waals surface area contributed by atoms with E-state index in [2.05, 4.69) is 4.98 Å². The summed E-state index contributed by atoms with van der Waals surface area (Å²) in [5.74, 6) is 1.10. The lowest BCUT2D eigenvalue weighted by atomic mass is 10.1. The number of amides is 1. The summed E-state index contributed by atoms with van der Waals surface area (Å²) in [5, 5.41) is 0. The van der Waals surface area contributed by atoms with Crippen molar-refractivity contribution >= 4 is 11.7 Å². The Kier molecular flexibility index (Phi) is 6.31. The Morgan fingerprint density at radius 1 is 1.10 bits per heavy atom. The molecule has 1 atom stereocenters. The van der Waals surface area contributed by atoms with Crippen LogP contribution in [0.3, 0.4) is 0 Å². The maximum absolute atomic E-state index is 12.8. The second-order valence-corrected chi connectivity index (χ2v) is 7.65. The lowest BCUT2D eigenvalue weighted by Crippen LogP contribution is -2.49. The van der Waals surface area contributed by atoms with Crippen LogP contribution in [0, 0.1) is 0 Å². The van der Waals surface area contributed by atoms with Gasteiger partial charge in [-0.15, -0.1) is 0 Å². The van der Waals surface area contributed by atoms with Gasteiger partial charge in [0, 0.05) is 44.5 Å². The van der Waals surface area contributed by atoms with E-state index in [9.17, 15) is 18.0 Å². The number of halogens is 3. The number of alkyl halides is 3. The average molecular weight is 435 g/mol. The molecule has 4 rings (SSSR count). The molecule has 0 N–H and O–H groups in total. The predicted molar refractivity (Wildman–Crippen MR) is 108 cm³/mol. The minimum atomic E-state index is -4.40. The third kappa shape index (κ3) is 5.28. The Hall–Kier alpha value is -2.81. The van der Waals surface area contributed by atoms with Crippen LogP contribution in [-0.2, 0) is 10.9 Å². The summed E-state index contributed by atoms with van der Waals surface area (Å²) in [7, 11) is 0. The maximum Gasteiger partial charge on any atom is 0.417 e. The molecule has 2 saturated heterocycles. The molecule has 3 heterocycles. The Morgan fingerprint density at radius 2 is 1.84 bits per heavy atom. The summed E-state index contributed by atoms with van der Waals surface area (Å²) in [5.41, 5.74) is -0.196. The molecule has 6 nitrogen and oxygen atoms in total. The van der Waals surface area contributed by atoms with E-state index in [0.29, 0.717) is 49.9 Å². The molecule has 2 aliphatic rings. The van der Waals surface area contributed by atoms with E-state index >= 15 is 0 Å². The van der Waals surface area contributed by atoms with Crippen molar-refractivity contribution in [2.24, 2.45) is 0 Å². The maximum atomic E-state index is 12.8. The quantitative estimate of drug-likeness (QED) is 0.718. The first-order valence-electron chi connectivity index (χ1n) is 10.3. The highest BCUT2D eigenvalue weighted by atomic mass is 19.4. The first kappa shape index (κ1) is 21.4. The van der Waals surface area contributed by atoms with E-state index < -0.39 is 11.7 Å². The van der Waals surface area contributed by atoms with E-state index in [-0.39, 0.29) is 12.0 Å². The number of ether oxygens (including phenoxy) is 2. The summed E-state index contributed by atoms with van der Waals surface area (Å²) < 4.78 is 49.3. The molecule has 0 spiro atoms. The number of pyridine rings is 1. The summed E-state index contributed by atoms with van der Waals surface area (Å²) in [6.45, 7) is 3.24. The molecule has 0 saturated carbocycles. The number of carbonyl (C=O) groups is 1. The second kappa shape index (κ2) is 9.13. The molecule has 1 aromatic carbocycles. The SMILES string of the molecule is O=C(c1ccc(OCC2CCCO2)cc1)N1CCN(c2ccc(C(F)(F)F)cn2)CC1. The highest BCUT2D eigenvalue weighted by molar-refractivity contribution is 5.94. The molecule has 2 aromatic rings. The van der Waals surface area contributed by atoms with Crippen LogP contribution < -0.4 is 9.64 Å². The van der Waals surface area contributed by atoms with E-state index in [1.54, 1.807) is 29.2 Å². The summed E-state index contributed by atoms with van der Waals surface area (Å²) in [4.78, 5) is 20.3. The van der Waals surface area contributed by atoms with E-state index in [1.807, 2.05) is 4.90 Å². The molecule has 1 unspecified atom stereocenters. The van der Waals surface area contributed by atoms with Gasteiger partial charge in [0.05, 0.1) is 11.7 Å². The number of rotatable bonds is 5. The molecule has 2 aliphatic heterocycles. The number of piperazine rings is 1. The van der Waals surface area contributed by atoms with Crippen molar-refractivity contribution in [3.63, 3.8) is 0 Å². The third-order valence-electron chi connectivity index (χ3n) is 5.53. The third-order valence-corrected chi connectivity index (χ3v) is 5.53. The fourth-order valence-corrected chi connectivity index (χ4v) is 3.72. The van der Waals surface area contributed by atoms with Gasteiger partial charge in [0.1, 0.15) is 18.2 Å². The Balaban J connectivity index is 1.28. The van der Waals surface area contributed by atoms with Gasteiger partial charge in [0.25, 0.3) is 5.91 Å². The standard InChI is InChI=1S/C22H24F3N3O3/c23-22(24,25)17-5-8-20(26-14-17)27-9-11-28(12-10-27)21(29)16-3-6-18(7-4-16)31-15-19-2-1-13-30-19/h3-8,14,19H,1-2,9-13,15H2. The number of hydrogen-bond acceptors (Lipinski definition) is 5. The first-order chi connectivity index (χ1) is 14.9. The fourth-order valence-electron chi connectivity index (χ4n) is 3.72. The molecule has 1 amide bonds.